The number of hydrogen-bond donors (Lipinski definition) is 1. The lowest BCUT2D eigenvalue weighted by molar-refractivity contribution is -0.130. The summed E-state index contributed by atoms with van der Waals surface area (Å²) in [5.74, 6) is 0.224. The van der Waals surface area contributed by atoms with Crippen LogP contribution in [0, 0.1) is 0 Å². The van der Waals surface area contributed by atoms with Crippen molar-refractivity contribution in [3.05, 3.63) is 16.6 Å². The third-order valence-corrected chi connectivity index (χ3v) is 3.19. The summed E-state index contributed by atoms with van der Waals surface area (Å²) in [5, 5.41) is 3.24. The molecule has 90 valence electrons. The maximum atomic E-state index is 11.6. The molecule has 0 aliphatic heterocycles. The zero-order chi connectivity index (χ0) is 11.8. The van der Waals surface area contributed by atoms with Crippen LogP contribution < -0.4 is 5.32 Å². The number of carbonyl (C=O) groups is 1. The molecule has 5 heteroatoms. The molecular formula is C11H19N3OS. The molecule has 0 saturated heterocycles. The number of aromatic nitrogens is 1. The molecule has 0 aromatic carbocycles. The summed E-state index contributed by atoms with van der Waals surface area (Å²) < 4.78 is 0. The van der Waals surface area contributed by atoms with Gasteiger partial charge in [0.25, 0.3) is 0 Å². The van der Waals surface area contributed by atoms with Gasteiger partial charge >= 0.3 is 0 Å². The lowest BCUT2D eigenvalue weighted by Gasteiger charge is -2.18. The van der Waals surface area contributed by atoms with Gasteiger partial charge in [0.1, 0.15) is 0 Å². The molecule has 0 fully saturated rings. The highest BCUT2D eigenvalue weighted by molar-refractivity contribution is 7.09. The molecular weight excluding hydrogens is 222 g/mol. The Morgan fingerprint density at radius 2 is 2.25 bits per heavy atom. The quantitative estimate of drug-likeness (QED) is 0.736. The summed E-state index contributed by atoms with van der Waals surface area (Å²) in [4.78, 5) is 18.7. The van der Waals surface area contributed by atoms with Crippen LogP contribution >= 0.6 is 11.3 Å². The fourth-order valence-corrected chi connectivity index (χ4v) is 2.03. The molecule has 1 rings (SSSR count). The lowest BCUT2D eigenvalue weighted by atomic mass is 10.3. The van der Waals surface area contributed by atoms with Crippen LogP contribution in [0.25, 0.3) is 0 Å². The van der Waals surface area contributed by atoms with Crippen LogP contribution in [0.1, 0.15) is 25.1 Å². The first kappa shape index (κ1) is 13.1. The number of rotatable bonds is 7. The van der Waals surface area contributed by atoms with Gasteiger partial charge < -0.3 is 10.2 Å². The highest BCUT2D eigenvalue weighted by atomic mass is 32.1. The lowest BCUT2D eigenvalue weighted by Crippen LogP contribution is -2.32. The van der Waals surface area contributed by atoms with Crippen LogP contribution in [0.2, 0.25) is 0 Å². The predicted octanol–water partition coefficient (Wildman–Crippen LogP) is 1.49. The van der Waals surface area contributed by atoms with E-state index in [2.05, 4.69) is 10.3 Å². The standard InChI is InChI=1S/C11H19N3OS/c1-3-14(4-2)11(15)5-6-12-7-10-8-13-9-16-10/h8-9,12H,3-7H2,1-2H3. The van der Waals surface area contributed by atoms with E-state index in [-0.39, 0.29) is 5.91 Å². The van der Waals surface area contributed by atoms with E-state index in [1.54, 1.807) is 11.3 Å². The van der Waals surface area contributed by atoms with Crippen molar-refractivity contribution in [2.75, 3.05) is 19.6 Å². The third kappa shape index (κ3) is 4.28. The first-order valence-electron chi connectivity index (χ1n) is 5.63. The Bertz CT molecular complexity index is 296. The number of nitrogens with one attached hydrogen (secondary N) is 1. The summed E-state index contributed by atoms with van der Waals surface area (Å²) in [6.45, 7) is 7.13. The van der Waals surface area contributed by atoms with E-state index < -0.39 is 0 Å². The van der Waals surface area contributed by atoms with Crippen molar-refractivity contribution in [3.8, 4) is 0 Å². The van der Waals surface area contributed by atoms with Crippen molar-refractivity contribution in [2.24, 2.45) is 0 Å². The monoisotopic (exact) mass is 241 g/mol. The molecule has 0 unspecified atom stereocenters. The van der Waals surface area contributed by atoms with Crippen molar-refractivity contribution in [3.63, 3.8) is 0 Å². The number of hydrogen-bond acceptors (Lipinski definition) is 4. The predicted molar refractivity (Wildman–Crippen MR) is 66.4 cm³/mol. The van der Waals surface area contributed by atoms with Crippen LogP contribution in [0.3, 0.4) is 0 Å². The average molecular weight is 241 g/mol. The van der Waals surface area contributed by atoms with E-state index in [0.717, 1.165) is 26.2 Å². The Morgan fingerprint density at radius 3 is 2.81 bits per heavy atom. The van der Waals surface area contributed by atoms with Crippen molar-refractivity contribution in [2.45, 2.75) is 26.8 Å². The first-order chi connectivity index (χ1) is 7.77. The molecule has 16 heavy (non-hydrogen) atoms. The summed E-state index contributed by atoms with van der Waals surface area (Å²) in [7, 11) is 0. The number of thiazole rings is 1. The van der Waals surface area contributed by atoms with Gasteiger partial charge in [0.05, 0.1) is 5.51 Å². The molecule has 1 N–H and O–H groups in total. The number of amides is 1. The summed E-state index contributed by atoms with van der Waals surface area (Å²) in [6, 6.07) is 0. The number of nitrogens with zero attached hydrogens (tertiary/aromatic N) is 2. The van der Waals surface area contributed by atoms with E-state index in [1.165, 1.54) is 4.88 Å². The average Bonchev–Trinajstić information content (AvgIpc) is 2.79. The number of carbonyl (C=O) groups excluding carboxylic acids is 1. The van der Waals surface area contributed by atoms with E-state index in [9.17, 15) is 4.79 Å². The Hall–Kier alpha value is -0.940. The fraction of sp³-hybridized carbons (Fsp3) is 0.636. The van der Waals surface area contributed by atoms with Crippen molar-refractivity contribution in [1.29, 1.82) is 0 Å². The van der Waals surface area contributed by atoms with Gasteiger partial charge in [-0.2, -0.15) is 0 Å². The van der Waals surface area contributed by atoms with E-state index in [4.69, 9.17) is 0 Å². The molecule has 0 spiro atoms. The molecule has 1 amide bonds. The largest absolute Gasteiger partial charge is 0.343 e. The Kier molecular flexibility index (Phi) is 6.03. The van der Waals surface area contributed by atoms with Gasteiger partial charge in [-0.3, -0.25) is 9.78 Å². The maximum absolute atomic E-state index is 11.6. The van der Waals surface area contributed by atoms with E-state index in [1.807, 2.05) is 30.5 Å². The molecule has 0 aliphatic carbocycles. The minimum absolute atomic E-state index is 0.224. The molecule has 0 bridgehead atoms. The van der Waals surface area contributed by atoms with Gasteiger partial charge in [-0.05, 0) is 13.8 Å². The highest BCUT2D eigenvalue weighted by Crippen LogP contribution is 2.04. The normalized spacial score (nSPS) is 10.4. The van der Waals surface area contributed by atoms with Crippen molar-refractivity contribution in [1.82, 2.24) is 15.2 Å². The van der Waals surface area contributed by atoms with Crippen LogP contribution in [0.15, 0.2) is 11.7 Å². The summed E-state index contributed by atoms with van der Waals surface area (Å²) >= 11 is 1.63. The minimum atomic E-state index is 0.224. The van der Waals surface area contributed by atoms with Gasteiger partial charge in [0.2, 0.25) is 5.91 Å². The summed E-state index contributed by atoms with van der Waals surface area (Å²) in [6.07, 6.45) is 2.42. The maximum Gasteiger partial charge on any atom is 0.223 e. The zero-order valence-corrected chi connectivity index (χ0v) is 10.7. The second kappa shape index (κ2) is 7.35. The molecule has 1 aromatic rings. The molecule has 1 aromatic heterocycles. The molecule has 1 heterocycles. The van der Waals surface area contributed by atoms with Crippen molar-refractivity contribution < 1.29 is 4.79 Å². The molecule has 0 atom stereocenters. The Balaban J connectivity index is 2.13. The third-order valence-electron chi connectivity index (χ3n) is 2.41. The molecule has 0 radical (unpaired) electrons. The van der Waals surface area contributed by atoms with Crippen LogP contribution in [0.4, 0.5) is 0 Å². The second-order valence-corrected chi connectivity index (χ2v) is 4.43. The van der Waals surface area contributed by atoms with Crippen LogP contribution in [0.5, 0.6) is 0 Å². The second-order valence-electron chi connectivity index (χ2n) is 3.46. The van der Waals surface area contributed by atoms with Gasteiger partial charge in [0.15, 0.2) is 0 Å². The minimum Gasteiger partial charge on any atom is -0.343 e. The zero-order valence-electron chi connectivity index (χ0n) is 9.90. The SMILES string of the molecule is CCN(CC)C(=O)CCNCc1cncs1. The van der Waals surface area contributed by atoms with E-state index in [0.29, 0.717) is 6.42 Å². The summed E-state index contributed by atoms with van der Waals surface area (Å²) in [5.41, 5.74) is 1.82. The van der Waals surface area contributed by atoms with Crippen LogP contribution in [-0.2, 0) is 11.3 Å². The topological polar surface area (TPSA) is 45.2 Å². The van der Waals surface area contributed by atoms with Gasteiger partial charge in [-0.1, -0.05) is 0 Å². The fourth-order valence-electron chi connectivity index (χ4n) is 1.47. The van der Waals surface area contributed by atoms with Crippen LogP contribution in [-0.4, -0.2) is 35.4 Å². The van der Waals surface area contributed by atoms with Gasteiger partial charge in [0, 0.05) is 43.7 Å². The highest BCUT2D eigenvalue weighted by Gasteiger charge is 2.08. The molecule has 0 saturated carbocycles. The smallest absolute Gasteiger partial charge is 0.223 e. The Labute approximate surface area is 101 Å². The van der Waals surface area contributed by atoms with E-state index >= 15 is 0 Å². The molecule has 0 aliphatic rings. The van der Waals surface area contributed by atoms with Gasteiger partial charge in [-0.15, -0.1) is 11.3 Å². The Morgan fingerprint density at radius 1 is 1.50 bits per heavy atom. The first-order valence-corrected chi connectivity index (χ1v) is 6.51. The molecule has 4 nitrogen and oxygen atoms in total. The van der Waals surface area contributed by atoms with Crippen molar-refractivity contribution >= 4 is 17.2 Å². The van der Waals surface area contributed by atoms with Gasteiger partial charge in [-0.25, -0.2) is 0 Å².